The van der Waals surface area contributed by atoms with Crippen LogP contribution >= 0.6 is 23.9 Å². The lowest BCUT2D eigenvalue weighted by Crippen LogP contribution is -2.34. The van der Waals surface area contributed by atoms with Crippen molar-refractivity contribution in [2.75, 3.05) is 5.32 Å². The van der Waals surface area contributed by atoms with Crippen LogP contribution < -0.4 is 10.6 Å². The number of thiocarbonyl (C=S) groups is 1. The highest BCUT2D eigenvalue weighted by Gasteiger charge is 2.12. The number of aromatic nitrogens is 2. The summed E-state index contributed by atoms with van der Waals surface area (Å²) in [5, 5.41) is 15.6. The van der Waals surface area contributed by atoms with Gasteiger partial charge < -0.3 is 10.4 Å². The molecule has 3 aromatic rings. The molecule has 0 bridgehead atoms. The number of phenolic OH excluding ortho intramolecular Hbond substituents is 1. The van der Waals surface area contributed by atoms with Crippen molar-refractivity contribution in [3.05, 3.63) is 47.0 Å². The van der Waals surface area contributed by atoms with Gasteiger partial charge in [-0.05, 0) is 61.5 Å². The van der Waals surface area contributed by atoms with Crippen molar-refractivity contribution >= 4 is 51.7 Å². The van der Waals surface area contributed by atoms with Crippen molar-refractivity contribution in [2.24, 2.45) is 0 Å². The fourth-order valence-electron chi connectivity index (χ4n) is 2.31. The van der Waals surface area contributed by atoms with Crippen LogP contribution in [0.25, 0.3) is 11.0 Å². The maximum atomic E-state index is 12.3. The number of hydrogen-bond acceptors (Lipinski definition) is 6. The normalized spacial score (nSPS) is 10.6. The monoisotopic (exact) mass is 358 g/mol. The Morgan fingerprint density at radius 2 is 1.92 bits per heavy atom. The first-order valence-corrected chi connectivity index (χ1v) is 8.23. The number of hydrogen-bond donors (Lipinski definition) is 3. The number of rotatable bonds is 2. The summed E-state index contributed by atoms with van der Waals surface area (Å²) in [6.45, 7) is 3.71. The molecule has 0 unspecified atom stereocenters. The van der Waals surface area contributed by atoms with E-state index in [1.165, 1.54) is 0 Å². The van der Waals surface area contributed by atoms with Gasteiger partial charge in [-0.15, -0.1) is 0 Å². The Bertz CT molecular complexity index is 952. The van der Waals surface area contributed by atoms with Crippen molar-refractivity contribution in [3.63, 3.8) is 0 Å². The summed E-state index contributed by atoms with van der Waals surface area (Å²) < 4.78 is 8.20. The van der Waals surface area contributed by atoms with E-state index in [1.54, 1.807) is 31.2 Å². The highest BCUT2D eigenvalue weighted by Crippen LogP contribution is 2.28. The van der Waals surface area contributed by atoms with E-state index in [0.29, 0.717) is 16.8 Å². The van der Waals surface area contributed by atoms with E-state index in [1.807, 2.05) is 13.0 Å². The topological polar surface area (TPSA) is 87.1 Å². The average Bonchev–Trinajstić information content (AvgIpc) is 2.99. The quantitative estimate of drug-likeness (QED) is 0.482. The van der Waals surface area contributed by atoms with Crippen LogP contribution in [0.5, 0.6) is 5.75 Å². The van der Waals surface area contributed by atoms with E-state index >= 15 is 0 Å². The van der Waals surface area contributed by atoms with Crippen molar-refractivity contribution in [1.82, 2.24) is 14.1 Å². The predicted octanol–water partition coefficient (Wildman–Crippen LogP) is 3.14. The number of phenols is 1. The lowest BCUT2D eigenvalue weighted by atomic mass is 10.1. The van der Waals surface area contributed by atoms with Crippen LogP contribution in [-0.4, -0.2) is 24.9 Å². The number of aromatic hydroxyl groups is 1. The molecule has 0 aliphatic heterocycles. The lowest BCUT2D eigenvalue weighted by molar-refractivity contribution is 0.0978. The van der Waals surface area contributed by atoms with Gasteiger partial charge in [-0.1, -0.05) is 6.07 Å². The molecule has 1 amide bonds. The van der Waals surface area contributed by atoms with Gasteiger partial charge >= 0.3 is 0 Å². The zero-order valence-corrected chi connectivity index (χ0v) is 14.6. The van der Waals surface area contributed by atoms with Crippen LogP contribution in [0.1, 0.15) is 21.5 Å². The molecule has 0 aliphatic rings. The fraction of sp³-hybridized carbons (Fsp3) is 0.125. The van der Waals surface area contributed by atoms with Gasteiger partial charge in [0, 0.05) is 5.56 Å². The Morgan fingerprint density at radius 3 is 2.71 bits per heavy atom. The van der Waals surface area contributed by atoms with E-state index in [9.17, 15) is 9.90 Å². The largest absolute Gasteiger partial charge is 0.505 e. The molecule has 0 saturated carbocycles. The molecule has 0 spiro atoms. The van der Waals surface area contributed by atoms with Gasteiger partial charge in [0.25, 0.3) is 5.91 Å². The first kappa shape index (κ1) is 16.3. The third-order valence-electron chi connectivity index (χ3n) is 3.44. The molecule has 8 heteroatoms. The van der Waals surface area contributed by atoms with Crippen molar-refractivity contribution in [1.29, 1.82) is 0 Å². The number of fused-ring (bicyclic) bond motifs is 1. The second kappa shape index (κ2) is 6.50. The van der Waals surface area contributed by atoms with Gasteiger partial charge in [-0.25, -0.2) is 0 Å². The van der Waals surface area contributed by atoms with Gasteiger partial charge in [0.2, 0.25) is 0 Å². The standard InChI is InChI=1S/C16H14N4O2S2/c1-8-5-9(2)14(21)13(6-8)17-16(23)18-15(22)10-3-4-11-12(7-10)20-24-19-11/h3-7,21H,1-2H3,(H2,17,18,22,23). The van der Waals surface area contributed by atoms with Crippen LogP contribution in [0.4, 0.5) is 5.69 Å². The van der Waals surface area contributed by atoms with Crippen LogP contribution in [0.2, 0.25) is 0 Å². The van der Waals surface area contributed by atoms with E-state index in [-0.39, 0.29) is 16.8 Å². The highest BCUT2D eigenvalue weighted by molar-refractivity contribution is 7.80. The fourth-order valence-corrected chi connectivity index (χ4v) is 3.03. The second-order valence-electron chi connectivity index (χ2n) is 5.35. The minimum atomic E-state index is -0.355. The van der Waals surface area contributed by atoms with Crippen molar-refractivity contribution < 1.29 is 9.90 Å². The number of benzene rings is 2. The minimum Gasteiger partial charge on any atom is -0.505 e. The third-order valence-corrected chi connectivity index (χ3v) is 4.20. The summed E-state index contributed by atoms with van der Waals surface area (Å²) in [4.78, 5) is 12.3. The minimum absolute atomic E-state index is 0.104. The molecule has 0 aliphatic carbocycles. The van der Waals surface area contributed by atoms with Crippen molar-refractivity contribution in [3.8, 4) is 5.75 Å². The van der Waals surface area contributed by atoms with Crippen LogP contribution in [0.3, 0.4) is 0 Å². The summed E-state index contributed by atoms with van der Waals surface area (Å²) in [5.74, 6) is -0.251. The molecular formula is C16H14N4O2S2. The number of carbonyl (C=O) groups is 1. The number of nitrogens with one attached hydrogen (secondary N) is 2. The first-order chi connectivity index (χ1) is 11.4. The molecule has 1 aromatic heterocycles. The van der Waals surface area contributed by atoms with Gasteiger partial charge in [-0.3, -0.25) is 10.1 Å². The summed E-state index contributed by atoms with van der Waals surface area (Å²) in [6, 6.07) is 8.67. The van der Waals surface area contributed by atoms with Crippen LogP contribution in [0.15, 0.2) is 30.3 Å². The van der Waals surface area contributed by atoms with Gasteiger partial charge in [0.1, 0.15) is 16.8 Å². The zero-order valence-electron chi connectivity index (χ0n) is 13.0. The summed E-state index contributed by atoms with van der Waals surface area (Å²) in [5.41, 5.74) is 4.01. The molecule has 3 N–H and O–H groups in total. The molecule has 0 atom stereocenters. The van der Waals surface area contributed by atoms with E-state index in [2.05, 4.69) is 19.4 Å². The molecule has 0 saturated heterocycles. The Morgan fingerprint density at radius 1 is 1.17 bits per heavy atom. The van der Waals surface area contributed by atoms with Gasteiger partial charge in [0.15, 0.2) is 5.11 Å². The van der Waals surface area contributed by atoms with Crippen LogP contribution in [-0.2, 0) is 0 Å². The summed E-state index contributed by atoms with van der Waals surface area (Å²) in [6.07, 6.45) is 0. The predicted molar refractivity (Wildman–Crippen MR) is 98.7 cm³/mol. The maximum Gasteiger partial charge on any atom is 0.257 e. The smallest absolute Gasteiger partial charge is 0.257 e. The second-order valence-corrected chi connectivity index (χ2v) is 6.29. The van der Waals surface area contributed by atoms with Gasteiger partial charge in [-0.2, -0.15) is 8.75 Å². The van der Waals surface area contributed by atoms with E-state index in [4.69, 9.17) is 12.2 Å². The summed E-state index contributed by atoms with van der Waals surface area (Å²) >= 11 is 6.25. The number of carbonyl (C=O) groups excluding carboxylic acids is 1. The highest BCUT2D eigenvalue weighted by atomic mass is 32.1. The molecule has 24 heavy (non-hydrogen) atoms. The molecule has 2 aromatic carbocycles. The van der Waals surface area contributed by atoms with E-state index in [0.717, 1.165) is 28.4 Å². The number of nitrogens with zero attached hydrogens (tertiary/aromatic N) is 2. The molecule has 0 fully saturated rings. The number of anilines is 1. The molecular weight excluding hydrogens is 344 g/mol. The first-order valence-electron chi connectivity index (χ1n) is 7.09. The number of amides is 1. The van der Waals surface area contributed by atoms with Crippen molar-refractivity contribution in [2.45, 2.75) is 13.8 Å². The molecule has 3 rings (SSSR count). The molecule has 0 radical (unpaired) electrons. The Hall–Kier alpha value is -2.58. The SMILES string of the molecule is Cc1cc(C)c(O)c(NC(=S)NC(=O)c2ccc3nsnc3c2)c1. The zero-order chi connectivity index (χ0) is 17.3. The van der Waals surface area contributed by atoms with Gasteiger partial charge in [0.05, 0.1) is 17.4 Å². The Kier molecular flexibility index (Phi) is 4.41. The third kappa shape index (κ3) is 3.34. The Balaban J connectivity index is 1.73. The van der Waals surface area contributed by atoms with E-state index < -0.39 is 0 Å². The molecule has 6 nitrogen and oxygen atoms in total. The summed E-state index contributed by atoms with van der Waals surface area (Å²) in [7, 11) is 0. The average molecular weight is 358 g/mol. The number of aryl methyl sites for hydroxylation is 2. The lowest BCUT2D eigenvalue weighted by Gasteiger charge is -2.13. The molecule has 1 heterocycles. The molecule has 122 valence electrons. The Labute approximate surface area is 147 Å². The van der Waals surface area contributed by atoms with Crippen LogP contribution in [0, 0.1) is 13.8 Å². The maximum absolute atomic E-state index is 12.3.